The molecule has 10 heavy (non-hydrogen) atoms. The number of carbonyl (C=O) groups excluding carboxylic acids is 1. The van der Waals surface area contributed by atoms with E-state index >= 15 is 0 Å². The van der Waals surface area contributed by atoms with Crippen LogP contribution in [0.25, 0.3) is 0 Å². The lowest BCUT2D eigenvalue weighted by Crippen LogP contribution is -2.43. The molecule has 1 amide bonds. The first-order valence-electron chi connectivity index (χ1n) is 3.32. The van der Waals surface area contributed by atoms with E-state index in [0.29, 0.717) is 0 Å². The Morgan fingerprint density at radius 1 is 1.80 bits per heavy atom. The molecule has 1 unspecified atom stereocenters. The molecule has 0 spiro atoms. The van der Waals surface area contributed by atoms with E-state index in [0.717, 1.165) is 12.8 Å². The van der Waals surface area contributed by atoms with Gasteiger partial charge < -0.3 is 10.4 Å². The van der Waals surface area contributed by atoms with Gasteiger partial charge >= 0.3 is 0 Å². The molecule has 1 fully saturated rings. The lowest BCUT2D eigenvalue weighted by atomic mass is 10.1. The van der Waals surface area contributed by atoms with Gasteiger partial charge in [0.2, 0.25) is 7.85 Å². The zero-order valence-corrected chi connectivity index (χ0v) is 5.92. The molecule has 0 saturated heterocycles. The molecule has 0 aromatic rings. The van der Waals surface area contributed by atoms with Crippen LogP contribution in [0.2, 0.25) is 0 Å². The second kappa shape index (κ2) is 2.27. The van der Waals surface area contributed by atoms with Gasteiger partial charge in [0.1, 0.15) is 0 Å². The molecule has 1 saturated carbocycles. The summed E-state index contributed by atoms with van der Waals surface area (Å²) in [5.74, 6) is -0.557. The standard InChI is InChI=1S/C6H10BNO2/c1-4(9)6(2-3-6)8-5(7)10/h4,9H,2-3H2,1H3,(H,8,10). The number of aliphatic hydroxyl groups excluding tert-OH is 1. The molecule has 0 bridgehead atoms. The van der Waals surface area contributed by atoms with Gasteiger partial charge in [0.05, 0.1) is 11.6 Å². The summed E-state index contributed by atoms with van der Waals surface area (Å²) in [7, 11) is 4.90. The van der Waals surface area contributed by atoms with E-state index in [2.05, 4.69) is 5.32 Å². The fraction of sp³-hybridized carbons (Fsp3) is 0.833. The largest absolute Gasteiger partial charge is 0.391 e. The maximum absolute atomic E-state index is 10.4. The Labute approximate surface area is 61.2 Å². The van der Waals surface area contributed by atoms with E-state index in [4.69, 9.17) is 13.0 Å². The first-order chi connectivity index (χ1) is 4.57. The lowest BCUT2D eigenvalue weighted by Gasteiger charge is -2.19. The van der Waals surface area contributed by atoms with E-state index in [-0.39, 0.29) is 0 Å². The van der Waals surface area contributed by atoms with Crippen LogP contribution >= 0.6 is 0 Å². The van der Waals surface area contributed by atoms with Gasteiger partial charge in [0.25, 0.3) is 0 Å². The van der Waals surface area contributed by atoms with Gasteiger partial charge in [-0.3, -0.25) is 4.79 Å². The quantitative estimate of drug-likeness (QED) is 0.519. The summed E-state index contributed by atoms with van der Waals surface area (Å²) in [6, 6.07) is 0. The molecule has 0 aromatic carbocycles. The molecular weight excluding hydrogens is 129 g/mol. The first kappa shape index (κ1) is 7.60. The Morgan fingerprint density at radius 3 is 2.40 bits per heavy atom. The summed E-state index contributed by atoms with van der Waals surface area (Å²) in [6.45, 7) is 1.66. The minimum absolute atomic E-state index is 0.397. The van der Waals surface area contributed by atoms with Crippen LogP contribution in [0.3, 0.4) is 0 Å². The van der Waals surface area contributed by atoms with Crippen LogP contribution in [0.15, 0.2) is 0 Å². The topological polar surface area (TPSA) is 49.3 Å². The molecule has 1 atom stereocenters. The predicted molar refractivity (Wildman–Crippen MR) is 37.9 cm³/mol. The smallest absolute Gasteiger partial charge is 0.200 e. The summed E-state index contributed by atoms with van der Waals surface area (Å²) in [6.07, 6.45) is 1.15. The van der Waals surface area contributed by atoms with Crippen molar-refractivity contribution >= 4 is 13.7 Å². The zero-order chi connectivity index (χ0) is 7.78. The van der Waals surface area contributed by atoms with E-state index in [1.54, 1.807) is 6.92 Å². The Balaban J connectivity index is 2.45. The molecule has 1 rings (SSSR count). The van der Waals surface area contributed by atoms with Crippen molar-refractivity contribution in [3.05, 3.63) is 0 Å². The third kappa shape index (κ3) is 1.32. The van der Waals surface area contributed by atoms with Crippen LogP contribution in [0, 0.1) is 0 Å². The molecule has 1 aliphatic carbocycles. The summed E-state index contributed by atoms with van der Waals surface area (Å²) >= 11 is 0. The van der Waals surface area contributed by atoms with Crippen LogP contribution in [0.4, 0.5) is 4.79 Å². The van der Waals surface area contributed by atoms with Gasteiger partial charge in [0, 0.05) is 0 Å². The number of rotatable bonds is 2. The number of aliphatic hydroxyl groups is 1. The highest BCUT2D eigenvalue weighted by Gasteiger charge is 2.47. The van der Waals surface area contributed by atoms with Gasteiger partial charge in [0.15, 0.2) is 5.81 Å². The second-order valence-electron chi connectivity index (χ2n) is 2.82. The van der Waals surface area contributed by atoms with Crippen LogP contribution in [0.1, 0.15) is 19.8 Å². The average molecular weight is 139 g/mol. The summed E-state index contributed by atoms with van der Waals surface area (Å²) < 4.78 is 0. The van der Waals surface area contributed by atoms with Crippen LogP contribution < -0.4 is 5.32 Å². The number of hydrogen-bond acceptors (Lipinski definition) is 2. The third-order valence-corrected chi connectivity index (χ3v) is 1.96. The highest BCUT2D eigenvalue weighted by molar-refractivity contribution is 6.57. The second-order valence-corrected chi connectivity index (χ2v) is 2.82. The molecule has 2 radical (unpaired) electrons. The van der Waals surface area contributed by atoms with Crippen molar-refractivity contribution in [1.29, 1.82) is 0 Å². The minimum atomic E-state index is -0.557. The van der Waals surface area contributed by atoms with Gasteiger partial charge in [-0.1, -0.05) is 0 Å². The molecule has 1 aliphatic rings. The molecule has 2 N–H and O–H groups in total. The van der Waals surface area contributed by atoms with Crippen molar-refractivity contribution < 1.29 is 9.90 Å². The number of hydrogen-bond donors (Lipinski definition) is 2. The molecule has 54 valence electrons. The van der Waals surface area contributed by atoms with Crippen molar-refractivity contribution in [3.8, 4) is 0 Å². The van der Waals surface area contributed by atoms with Crippen molar-refractivity contribution in [2.24, 2.45) is 0 Å². The highest BCUT2D eigenvalue weighted by atomic mass is 16.3. The lowest BCUT2D eigenvalue weighted by molar-refractivity contribution is 0.138. The molecule has 3 nitrogen and oxygen atoms in total. The van der Waals surface area contributed by atoms with Crippen molar-refractivity contribution in [1.82, 2.24) is 5.32 Å². The zero-order valence-electron chi connectivity index (χ0n) is 5.92. The minimum Gasteiger partial charge on any atom is -0.391 e. The van der Waals surface area contributed by atoms with E-state index < -0.39 is 17.4 Å². The normalized spacial score (nSPS) is 23.4. The van der Waals surface area contributed by atoms with Gasteiger partial charge in [-0.05, 0) is 19.8 Å². The SMILES string of the molecule is [B]C(=O)NC1(C(C)O)CC1. The Hall–Kier alpha value is -0.505. The first-order valence-corrected chi connectivity index (χ1v) is 3.32. The molecule has 0 aliphatic heterocycles. The third-order valence-electron chi connectivity index (χ3n) is 1.96. The fourth-order valence-electron chi connectivity index (χ4n) is 1.03. The highest BCUT2D eigenvalue weighted by Crippen LogP contribution is 2.38. The van der Waals surface area contributed by atoms with E-state index in [1.165, 1.54) is 0 Å². The fourth-order valence-corrected chi connectivity index (χ4v) is 1.03. The maximum atomic E-state index is 10.4. The Kier molecular flexibility index (Phi) is 1.73. The maximum Gasteiger partial charge on any atom is 0.200 e. The van der Waals surface area contributed by atoms with E-state index in [1.807, 2.05) is 0 Å². The summed E-state index contributed by atoms with van der Waals surface area (Å²) in [5, 5.41) is 11.6. The van der Waals surface area contributed by atoms with Gasteiger partial charge in [-0.2, -0.15) is 0 Å². The summed E-state index contributed by atoms with van der Waals surface area (Å²) in [5.41, 5.74) is -0.397. The van der Waals surface area contributed by atoms with Crippen molar-refractivity contribution in [2.75, 3.05) is 0 Å². The Morgan fingerprint density at radius 2 is 2.30 bits per heavy atom. The van der Waals surface area contributed by atoms with Gasteiger partial charge in [-0.15, -0.1) is 0 Å². The van der Waals surface area contributed by atoms with Crippen LogP contribution in [-0.2, 0) is 0 Å². The van der Waals surface area contributed by atoms with E-state index in [9.17, 15) is 4.79 Å². The number of amides is 1. The van der Waals surface area contributed by atoms with Gasteiger partial charge in [-0.25, -0.2) is 0 Å². The predicted octanol–water partition coefficient (Wildman–Crippen LogP) is -0.222. The molecule has 0 aromatic heterocycles. The monoisotopic (exact) mass is 139 g/mol. The van der Waals surface area contributed by atoms with Crippen molar-refractivity contribution in [2.45, 2.75) is 31.4 Å². The number of carbonyl (C=O) groups is 1. The molecule has 4 heteroatoms. The summed E-state index contributed by atoms with van der Waals surface area (Å²) in [4.78, 5) is 10.4. The number of nitrogens with one attached hydrogen (secondary N) is 1. The molecular formula is C6H10BNO2. The molecule has 0 heterocycles. The van der Waals surface area contributed by atoms with Crippen LogP contribution in [0.5, 0.6) is 0 Å². The Bertz CT molecular complexity index is 154. The average Bonchev–Trinajstić information content (AvgIpc) is 2.46. The van der Waals surface area contributed by atoms with Crippen molar-refractivity contribution in [3.63, 3.8) is 0 Å². The van der Waals surface area contributed by atoms with Crippen LogP contribution in [-0.4, -0.2) is 30.4 Å².